The van der Waals surface area contributed by atoms with Crippen molar-refractivity contribution in [1.29, 1.82) is 0 Å². The fourth-order valence-corrected chi connectivity index (χ4v) is 3.40. The third kappa shape index (κ3) is 4.42. The summed E-state index contributed by atoms with van der Waals surface area (Å²) in [6.45, 7) is 3.13. The lowest BCUT2D eigenvalue weighted by Crippen LogP contribution is -2.39. The molecule has 0 bridgehead atoms. The Balaban J connectivity index is 1.47. The van der Waals surface area contributed by atoms with Crippen LogP contribution in [0.25, 0.3) is 0 Å². The Morgan fingerprint density at radius 1 is 1.34 bits per heavy atom. The quantitative estimate of drug-likeness (QED) is 0.649. The van der Waals surface area contributed by atoms with Gasteiger partial charge in [0.25, 0.3) is 5.91 Å². The van der Waals surface area contributed by atoms with Gasteiger partial charge >= 0.3 is 0 Å². The number of ether oxygens (including phenoxy) is 1. The first-order valence-electron chi connectivity index (χ1n) is 9.62. The molecule has 150 valence electrons. The number of carbonyl (C=O) groups is 1. The van der Waals surface area contributed by atoms with Gasteiger partial charge in [-0.25, -0.2) is 9.37 Å². The predicted molar refractivity (Wildman–Crippen MR) is 102 cm³/mol. The first-order chi connectivity index (χ1) is 14.1. The van der Waals surface area contributed by atoms with Crippen LogP contribution in [0.2, 0.25) is 0 Å². The number of carbonyl (C=O) groups excluding carboxylic acids is 1. The minimum Gasteiger partial charge on any atom is -0.437 e. The molecule has 0 saturated carbocycles. The summed E-state index contributed by atoms with van der Waals surface area (Å²) in [6, 6.07) is 7.55. The molecule has 0 N–H and O–H groups in total. The van der Waals surface area contributed by atoms with Gasteiger partial charge in [0, 0.05) is 37.3 Å². The van der Waals surface area contributed by atoms with Crippen LogP contribution in [0.5, 0.6) is 11.6 Å². The Kier molecular flexibility index (Phi) is 5.50. The number of hydrogen-bond donors (Lipinski definition) is 0. The number of benzene rings is 1. The van der Waals surface area contributed by atoms with E-state index < -0.39 is 0 Å². The minimum atomic E-state index is -0.383. The van der Waals surface area contributed by atoms with E-state index in [4.69, 9.17) is 9.26 Å². The van der Waals surface area contributed by atoms with Crippen molar-refractivity contribution >= 4 is 5.91 Å². The molecule has 3 heterocycles. The summed E-state index contributed by atoms with van der Waals surface area (Å²) in [7, 11) is 0. The highest BCUT2D eigenvalue weighted by atomic mass is 19.1. The predicted octanol–water partition coefficient (Wildman–Crippen LogP) is 3.98. The van der Waals surface area contributed by atoms with Gasteiger partial charge in [0.1, 0.15) is 11.6 Å². The lowest BCUT2D eigenvalue weighted by Gasteiger charge is -2.31. The summed E-state index contributed by atoms with van der Waals surface area (Å²) in [5.74, 6) is 0.392. The average Bonchev–Trinajstić information content (AvgIpc) is 3.23. The van der Waals surface area contributed by atoms with E-state index in [0.717, 1.165) is 24.2 Å². The summed E-state index contributed by atoms with van der Waals surface area (Å²) >= 11 is 0. The van der Waals surface area contributed by atoms with Crippen LogP contribution in [0.15, 0.2) is 47.2 Å². The molecule has 0 radical (unpaired) electrons. The molecular weight excluding hydrogens is 375 g/mol. The minimum absolute atomic E-state index is 0.0322. The van der Waals surface area contributed by atoms with Gasteiger partial charge in [-0.05, 0) is 31.4 Å². The van der Waals surface area contributed by atoms with Gasteiger partial charge in [-0.2, -0.15) is 0 Å². The van der Waals surface area contributed by atoms with Gasteiger partial charge in [-0.1, -0.05) is 18.1 Å². The van der Waals surface area contributed by atoms with E-state index in [1.807, 2.05) is 6.92 Å². The molecule has 1 aliphatic heterocycles. The Hall–Kier alpha value is -3.29. The van der Waals surface area contributed by atoms with Crippen LogP contribution >= 0.6 is 0 Å². The summed E-state index contributed by atoms with van der Waals surface area (Å²) < 4.78 is 24.2. The van der Waals surface area contributed by atoms with Crippen molar-refractivity contribution in [3.63, 3.8) is 0 Å². The van der Waals surface area contributed by atoms with Crippen LogP contribution in [-0.2, 0) is 6.42 Å². The lowest BCUT2D eigenvalue weighted by molar-refractivity contribution is 0.0663. The zero-order valence-electron chi connectivity index (χ0n) is 16.0. The molecule has 1 amide bonds. The molecule has 1 saturated heterocycles. The number of halogens is 1. The van der Waals surface area contributed by atoms with Gasteiger partial charge < -0.3 is 14.2 Å². The van der Waals surface area contributed by atoms with E-state index in [1.54, 1.807) is 29.3 Å². The molecule has 4 rings (SSSR count). The van der Waals surface area contributed by atoms with Gasteiger partial charge in [0.15, 0.2) is 0 Å². The smallest absolute Gasteiger partial charge is 0.292 e. The van der Waals surface area contributed by atoms with Crippen LogP contribution in [0.3, 0.4) is 0 Å². The Morgan fingerprint density at radius 2 is 2.24 bits per heavy atom. The molecular formula is C21H21FN4O3. The first-order valence-corrected chi connectivity index (χ1v) is 9.62. The second kappa shape index (κ2) is 8.38. The monoisotopic (exact) mass is 396 g/mol. The second-order valence-corrected chi connectivity index (χ2v) is 6.97. The number of hydrogen-bond acceptors (Lipinski definition) is 6. The lowest BCUT2D eigenvalue weighted by atomic mass is 9.95. The molecule has 1 fully saturated rings. The topological polar surface area (TPSA) is 81.4 Å². The van der Waals surface area contributed by atoms with Crippen LogP contribution in [0, 0.1) is 5.82 Å². The fourth-order valence-electron chi connectivity index (χ4n) is 3.40. The maximum atomic E-state index is 13.4. The van der Waals surface area contributed by atoms with Crippen molar-refractivity contribution in [1.82, 2.24) is 20.0 Å². The van der Waals surface area contributed by atoms with E-state index in [1.165, 1.54) is 18.3 Å². The van der Waals surface area contributed by atoms with E-state index in [-0.39, 0.29) is 23.4 Å². The molecule has 7 nitrogen and oxygen atoms in total. The second-order valence-electron chi connectivity index (χ2n) is 6.97. The van der Waals surface area contributed by atoms with Gasteiger partial charge in [-0.3, -0.25) is 9.78 Å². The Bertz CT molecular complexity index is 1010. The molecule has 1 aromatic carbocycles. The molecule has 1 aliphatic rings. The zero-order chi connectivity index (χ0) is 20.2. The Morgan fingerprint density at radius 3 is 3.03 bits per heavy atom. The first kappa shape index (κ1) is 19.0. The molecule has 0 spiro atoms. The van der Waals surface area contributed by atoms with Gasteiger partial charge in [-0.15, -0.1) is 0 Å². The third-order valence-corrected chi connectivity index (χ3v) is 4.91. The number of aryl methyl sites for hydroxylation is 1. The van der Waals surface area contributed by atoms with Crippen LogP contribution in [-0.4, -0.2) is 39.0 Å². The highest BCUT2D eigenvalue weighted by molar-refractivity contribution is 5.91. The highest BCUT2D eigenvalue weighted by Crippen LogP contribution is 2.28. The molecule has 8 heteroatoms. The normalized spacial score (nSPS) is 16.6. The van der Waals surface area contributed by atoms with E-state index >= 15 is 0 Å². The largest absolute Gasteiger partial charge is 0.437 e. The number of aromatic nitrogens is 3. The van der Waals surface area contributed by atoms with Crippen molar-refractivity contribution < 1.29 is 18.4 Å². The van der Waals surface area contributed by atoms with Crippen molar-refractivity contribution in [3.05, 3.63) is 65.7 Å². The summed E-state index contributed by atoms with van der Waals surface area (Å²) in [6.07, 6.45) is 5.62. The molecule has 29 heavy (non-hydrogen) atoms. The molecule has 3 aromatic rings. The molecule has 0 aliphatic carbocycles. The van der Waals surface area contributed by atoms with Crippen molar-refractivity contribution in [2.24, 2.45) is 0 Å². The number of piperidine rings is 1. The summed E-state index contributed by atoms with van der Waals surface area (Å²) in [5.41, 5.74) is 1.50. The number of rotatable bonds is 5. The maximum absolute atomic E-state index is 13.4. The summed E-state index contributed by atoms with van der Waals surface area (Å²) in [5, 5.41) is 3.90. The Labute approximate surface area is 167 Å². The molecule has 0 unspecified atom stereocenters. The summed E-state index contributed by atoms with van der Waals surface area (Å²) in [4.78, 5) is 23.2. The standard InChI is InChI=1S/C21H21FN4O3/c1-2-16-10-19(29-25-16)21(27)26-8-4-5-14(13-26)18-11-23-12-20(24-18)28-17-7-3-6-15(22)9-17/h3,6-7,9-12,14H,2,4-5,8,13H2,1H3/t14-/m1/s1. The van der Waals surface area contributed by atoms with Crippen molar-refractivity contribution in [2.75, 3.05) is 13.1 Å². The average molecular weight is 396 g/mol. The van der Waals surface area contributed by atoms with Gasteiger partial charge in [0.2, 0.25) is 11.6 Å². The molecule has 1 atom stereocenters. The SMILES string of the molecule is CCc1cc(C(=O)N2CCC[C@@H](c3cncc(Oc4cccc(F)c4)n3)C2)on1. The van der Waals surface area contributed by atoms with E-state index in [2.05, 4.69) is 15.1 Å². The van der Waals surface area contributed by atoms with E-state index in [0.29, 0.717) is 31.1 Å². The highest BCUT2D eigenvalue weighted by Gasteiger charge is 2.28. The third-order valence-electron chi connectivity index (χ3n) is 4.91. The van der Waals surface area contributed by atoms with Gasteiger partial charge in [0.05, 0.1) is 17.6 Å². The van der Waals surface area contributed by atoms with Crippen LogP contribution < -0.4 is 4.74 Å². The van der Waals surface area contributed by atoms with Crippen LogP contribution in [0.4, 0.5) is 4.39 Å². The molecule has 2 aromatic heterocycles. The maximum Gasteiger partial charge on any atom is 0.292 e. The zero-order valence-corrected chi connectivity index (χ0v) is 16.0. The van der Waals surface area contributed by atoms with E-state index in [9.17, 15) is 9.18 Å². The number of likely N-dealkylation sites (tertiary alicyclic amines) is 1. The number of amides is 1. The fraction of sp³-hybridized carbons (Fsp3) is 0.333. The van der Waals surface area contributed by atoms with Crippen molar-refractivity contribution in [2.45, 2.75) is 32.1 Å². The van der Waals surface area contributed by atoms with Crippen molar-refractivity contribution in [3.8, 4) is 11.6 Å². The number of nitrogens with zero attached hydrogens (tertiary/aromatic N) is 4. The van der Waals surface area contributed by atoms with Crippen LogP contribution in [0.1, 0.15) is 47.6 Å².